The Kier molecular flexibility index (Phi) is 15.7. The van der Waals surface area contributed by atoms with Gasteiger partial charge in [-0.1, -0.05) is 83.5 Å². The van der Waals surface area contributed by atoms with Gasteiger partial charge in [-0.25, -0.2) is 0 Å². The van der Waals surface area contributed by atoms with Crippen molar-refractivity contribution in [3.8, 4) is 0 Å². The van der Waals surface area contributed by atoms with Crippen LogP contribution in [-0.2, 0) is 10.1 Å². The van der Waals surface area contributed by atoms with E-state index in [0.717, 1.165) is 19.3 Å². The summed E-state index contributed by atoms with van der Waals surface area (Å²) in [5.41, 5.74) is 0. The molecule has 0 atom stereocenters. The topological polar surface area (TPSA) is 74.6 Å². The van der Waals surface area contributed by atoms with Gasteiger partial charge >= 0.3 is 0 Å². The zero-order valence-corrected chi connectivity index (χ0v) is 15.0. The van der Waals surface area contributed by atoms with Gasteiger partial charge in [0.25, 0.3) is 10.1 Å². The predicted molar refractivity (Wildman–Crippen MR) is 92.8 cm³/mol. The van der Waals surface area contributed by atoms with Gasteiger partial charge in [0, 0.05) is 6.61 Å². The molecule has 4 nitrogen and oxygen atoms in total. The minimum atomic E-state index is -3.75. The van der Waals surface area contributed by atoms with E-state index < -0.39 is 10.1 Å². The molecule has 0 saturated heterocycles. The molecule has 0 unspecified atom stereocenters. The molecular formula is C17H36O4S. The van der Waals surface area contributed by atoms with Crippen molar-refractivity contribution in [2.45, 2.75) is 96.3 Å². The van der Waals surface area contributed by atoms with Crippen LogP contribution in [0.25, 0.3) is 0 Å². The summed E-state index contributed by atoms with van der Waals surface area (Å²) in [6.45, 7) is 0.334. The van der Waals surface area contributed by atoms with E-state index in [1.807, 2.05) is 0 Å². The van der Waals surface area contributed by atoms with Crippen molar-refractivity contribution in [2.75, 3.05) is 12.4 Å². The maximum Gasteiger partial charge on any atom is 0.264 e. The molecule has 0 saturated carbocycles. The predicted octanol–water partition coefficient (Wildman–Crippen LogP) is 4.72. The quantitative estimate of drug-likeness (QED) is 0.298. The van der Waals surface area contributed by atoms with Crippen LogP contribution in [0.1, 0.15) is 96.3 Å². The molecule has 0 rings (SSSR count). The van der Waals surface area contributed by atoms with Crippen LogP contribution in [0.15, 0.2) is 0 Å². The third-order valence-corrected chi connectivity index (χ3v) is 4.86. The molecule has 0 fully saturated rings. The number of rotatable bonds is 17. The molecule has 0 bridgehead atoms. The standard InChI is InChI=1S/C17H36O4S/c18-16-14-12-10-8-6-4-2-1-3-5-7-9-11-13-15-17-22(19,20)21/h18H,1-17H2,(H,19,20,21). The third-order valence-electron chi connectivity index (χ3n) is 4.06. The fourth-order valence-corrected chi connectivity index (χ4v) is 3.26. The molecule has 22 heavy (non-hydrogen) atoms. The molecule has 134 valence electrons. The molecule has 0 amide bonds. The molecule has 0 aromatic carbocycles. The Labute approximate surface area is 137 Å². The van der Waals surface area contributed by atoms with Crippen molar-refractivity contribution in [2.24, 2.45) is 0 Å². The van der Waals surface area contributed by atoms with Gasteiger partial charge in [0.2, 0.25) is 0 Å². The Morgan fingerprint density at radius 3 is 1.05 bits per heavy atom. The number of hydrogen-bond acceptors (Lipinski definition) is 3. The summed E-state index contributed by atoms with van der Waals surface area (Å²) in [5, 5.41) is 8.67. The van der Waals surface area contributed by atoms with Gasteiger partial charge in [-0.2, -0.15) is 8.42 Å². The zero-order chi connectivity index (χ0) is 16.5. The Morgan fingerprint density at radius 2 is 0.773 bits per heavy atom. The molecule has 0 heterocycles. The number of unbranched alkanes of at least 4 members (excludes halogenated alkanes) is 14. The molecule has 0 aliphatic carbocycles. The van der Waals surface area contributed by atoms with E-state index >= 15 is 0 Å². The van der Waals surface area contributed by atoms with E-state index in [1.165, 1.54) is 70.6 Å². The summed E-state index contributed by atoms with van der Waals surface area (Å²) in [7, 11) is -3.75. The van der Waals surface area contributed by atoms with Crippen LogP contribution in [0.4, 0.5) is 0 Å². The van der Waals surface area contributed by atoms with Gasteiger partial charge in [-0.3, -0.25) is 4.55 Å². The Morgan fingerprint density at radius 1 is 0.500 bits per heavy atom. The smallest absolute Gasteiger partial charge is 0.264 e. The summed E-state index contributed by atoms with van der Waals surface area (Å²) >= 11 is 0. The SMILES string of the molecule is O=S(=O)(O)CCCCCCCCCCCCCCCCCO. The largest absolute Gasteiger partial charge is 0.396 e. The normalized spacial score (nSPS) is 11.9. The highest BCUT2D eigenvalue weighted by atomic mass is 32.2. The second-order valence-corrected chi connectivity index (χ2v) is 7.89. The highest BCUT2D eigenvalue weighted by Gasteiger charge is 2.02. The van der Waals surface area contributed by atoms with E-state index in [9.17, 15) is 8.42 Å². The van der Waals surface area contributed by atoms with E-state index in [0.29, 0.717) is 13.0 Å². The van der Waals surface area contributed by atoms with Crippen molar-refractivity contribution >= 4 is 10.1 Å². The van der Waals surface area contributed by atoms with Crippen molar-refractivity contribution in [1.82, 2.24) is 0 Å². The molecule has 0 aromatic heterocycles. The second kappa shape index (κ2) is 15.8. The maximum absolute atomic E-state index is 10.5. The van der Waals surface area contributed by atoms with Gasteiger partial charge in [-0.05, 0) is 12.8 Å². The van der Waals surface area contributed by atoms with Crippen LogP contribution in [0.3, 0.4) is 0 Å². The maximum atomic E-state index is 10.5. The van der Waals surface area contributed by atoms with Crippen LogP contribution < -0.4 is 0 Å². The van der Waals surface area contributed by atoms with Gasteiger partial charge in [0.05, 0.1) is 5.75 Å². The Hall–Kier alpha value is -0.130. The summed E-state index contributed by atoms with van der Waals surface area (Å²) in [6, 6.07) is 0. The number of hydrogen-bond donors (Lipinski definition) is 2. The van der Waals surface area contributed by atoms with Gasteiger partial charge in [0.15, 0.2) is 0 Å². The van der Waals surface area contributed by atoms with Gasteiger partial charge in [0.1, 0.15) is 0 Å². The molecule has 5 heteroatoms. The molecular weight excluding hydrogens is 300 g/mol. The molecule has 0 radical (unpaired) electrons. The van der Waals surface area contributed by atoms with E-state index in [4.69, 9.17) is 9.66 Å². The van der Waals surface area contributed by atoms with Crippen molar-refractivity contribution in [3.05, 3.63) is 0 Å². The molecule has 0 spiro atoms. The summed E-state index contributed by atoms with van der Waals surface area (Å²) < 4.78 is 29.6. The average molecular weight is 337 g/mol. The second-order valence-electron chi connectivity index (χ2n) is 6.31. The summed E-state index contributed by atoms with van der Waals surface area (Å²) in [4.78, 5) is 0. The average Bonchev–Trinajstić information content (AvgIpc) is 2.45. The first-order valence-electron chi connectivity index (χ1n) is 9.12. The highest BCUT2D eigenvalue weighted by Crippen LogP contribution is 2.13. The first kappa shape index (κ1) is 21.9. The van der Waals surface area contributed by atoms with Crippen LogP contribution in [0, 0.1) is 0 Å². The monoisotopic (exact) mass is 336 g/mol. The number of aliphatic hydroxyl groups excluding tert-OH is 1. The van der Waals surface area contributed by atoms with Crippen molar-refractivity contribution in [3.63, 3.8) is 0 Å². The lowest BCUT2D eigenvalue weighted by Crippen LogP contribution is -2.03. The first-order valence-corrected chi connectivity index (χ1v) is 10.7. The fourth-order valence-electron chi connectivity index (χ4n) is 2.69. The van der Waals surface area contributed by atoms with Gasteiger partial charge in [-0.15, -0.1) is 0 Å². The molecule has 0 aromatic rings. The number of aliphatic hydroxyl groups is 1. The minimum absolute atomic E-state index is 0.0903. The zero-order valence-electron chi connectivity index (χ0n) is 14.1. The third kappa shape index (κ3) is 19.9. The fraction of sp³-hybridized carbons (Fsp3) is 1.00. The van der Waals surface area contributed by atoms with Crippen LogP contribution in [0.2, 0.25) is 0 Å². The van der Waals surface area contributed by atoms with Crippen LogP contribution in [-0.4, -0.2) is 30.4 Å². The van der Waals surface area contributed by atoms with E-state index in [-0.39, 0.29) is 5.75 Å². The Balaban J connectivity index is 3.03. The Bertz CT molecular complexity index is 315. The highest BCUT2D eigenvalue weighted by molar-refractivity contribution is 7.85. The first-order chi connectivity index (χ1) is 10.6. The minimum Gasteiger partial charge on any atom is -0.396 e. The summed E-state index contributed by atoms with van der Waals surface area (Å²) in [6.07, 6.45) is 17.6. The van der Waals surface area contributed by atoms with Crippen LogP contribution in [0.5, 0.6) is 0 Å². The lowest BCUT2D eigenvalue weighted by atomic mass is 10.0. The lowest BCUT2D eigenvalue weighted by Gasteiger charge is -2.03. The van der Waals surface area contributed by atoms with Crippen molar-refractivity contribution in [1.29, 1.82) is 0 Å². The van der Waals surface area contributed by atoms with E-state index in [2.05, 4.69) is 0 Å². The summed E-state index contributed by atoms with van der Waals surface area (Å²) in [5.74, 6) is -0.0903. The lowest BCUT2D eigenvalue weighted by molar-refractivity contribution is 0.282. The molecule has 2 N–H and O–H groups in total. The van der Waals surface area contributed by atoms with Crippen LogP contribution >= 0.6 is 0 Å². The molecule has 0 aliphatic heterocycles. The van der Waals surface area contributed by atoms with E-state index in [1.54, 1.807) is 0 Å². The molecule has 0 aliphatic rings. The van der Waals surface area contributed by atoms with Gasteiger partial charge < -0.3 is 5.11 Å². The van der Waals surface area contributed by atoms with Crippen molar-refractivity contribution < 1.29 is 18.1 Å².